The van der Waals surface area contributed by atoms with Crippen LogP contribution in [0.4, 0.5) is 0 Å². The van der Waals surface area contributed by atoms with Crippen LogP contribution < -0.4 is 10.6 Å². The molecule has 4 rings (SSSR count). The van der Waals surface area contributed by atoms with Gasteiger partial charge in [0.25, 0.3) is 0 Å². The molecule has 0 aromatic heterocycles. The van der Waals surface area contributed by atoms with Crippen molar-refractivity contribution < 1.29 is 9.47 Å². The van der Waals surface area contributed by atoms with Gasteiger partial charge in [0.05, 0.1) is 26.4 Å². The van der Waals surface area contributed by atoms with Crippen LogP contribution in [0.15, 0.2) is 0 Å². The van der Waals surface area contributed by atoms with Gasteiger partial charge in [-0.05, 0) is 0 Å². The van der Waals surface area contributed by atoms with Crippen molar-refractivity contribution in [1.29, 1.82) is 0 Å². The molecule has 4 aliphatic heterocycles. The molecule has 4 fully saturated rings. The Bertz CT molecular complexity index is 161. The summed E-state index contributed by atoms with van der Waals surface area (Å²) in [6.07, 6.45) is 0. The van der Waals surface area contributed by atoms with Crippen LogP contribution in [0.3, 0.4) is 0 Å². The molecule has 0 saturated carbocycles. The maximum absolute atomic E-state index is 5.04. The van der Waals surface area contributed by atoms with Gasteiger partial charge >= 0.3 is 0 Å². The first-order valence-corrected chi connectivity index (χ1v) is 5.40. The first kappa shape index (κ1) is 9.09. The minimum atomic E-state index is 0.611. The highest BCUT2D eigenvalue weighted by Gasteiger charge is 2.44. The molecule has 80 valence electrons. The third kappa shape index (κ3) is 1.37. The van der Waals surface area contributed by atoms with Crippen LogP contribution in [0.5, 0.6) is 0 Å². The lowest BCUT2D eigenvalue weighted by atomic mass is 9.80. The van der Waals surface area contributed by atoms with Gasteiger partial charge in [0.2, 0.25) is 0 Å². The third-order valence-electron chi connectivity index (χ3n) is 3.63. The van der Waals surface area contributed by atoms with Crippen molar-refractivity contribution in [3.05, 3.63) is 0 Å². The van der Waals surface area contributed by atoms with Crippen LogP contribution in [-0.4, -0.2) is 52.6 Å². The summed E-state index contributed by atoms with van der Waals surface area (Å²) in [5.41, 5.74) is 1.22. The molecule has 14 heavy (non-hydrogen) atoms. The Hall–Kier alpha value is -0.160. The Morgan fingerprint density at radius 1 is 0.643 bits per heavy atom. The van der Waals surface area contributed by atoms with Gasteiger partial charge in [-0.25, -0.2) is 0 Å². The van der Waals surface area contributed by atoms with Crippen LogP contribution in [0, 0.1) is 10.8 Å². The van der Waals surface area contributed by atoms with E-state index in [0.29, 0.717) is 10.8 Å². The lowest BCUT2D eigenvalue weighted by molar-refractivity contribution is -0.139. The van der Waals surface area contributed by atoms with E-state index in [2.05, 4.69) is 10.6 Å². The second-order valence-corrected chi connectivity index (χ2v) is 5.19. The van der Waals surface area contributed by atoms with Crippen molar-refractivity contribution in [3.63, 3.8) is 0 Å². The third-order valence-corrected chi connectivity index (χ3v) is 3.63. The van der Waals surface area contributed by atoms with E-state index in [9.17, 15) is 0 Å². The average molecular weight is 198 g/mol. The first-order valence-electron chi connectivity index (χ1n) is 5.40. The van der Waals surface area contributed by atoms with E-state index in [1.165, 1.54) is 26.2 Å². The lowest BCUT2D eigenvalue weighted by Crippen LogP contribution is -2.64. The first-order chi connectivity index (χ1) is 6.83. The fraction of sp³-hybridized carbons (Fsp3) is 1.00. The Morgan fingerprint density at radius 2 is 1.00 bits per heavy atom. The largest absolute Gasteiger partial charge is 0.380 e. The van der Waals surface area contributed by atoms with E-state index >= 15 is 0 Å². The van der Waals surface area contributed by atoms with Crippen molar-refractivity contribution >= 4 is 0 Å². The van der Waals surface area contributed by atoms with Gasteiger partial charge in [-0.2, -0.15) is 0 Å². The number of hydrogen-bond acceptors (Lipinski definition) is 4. The molecular formula is C10H18N2O2. The van der Waals surface area contributed by atoms with E-state index in [1.54, 1.807) is 0 Å². The van der Waals surface area contributed by atoms with E-state index in [-0.39, 0.29) is 0 Å². The monoisotopic (exact) mass is 198 g/mol. The second-order valence-electron chi connectivity index (χ2n) is 5.19. The molecule has 4 heterocycles. The summed E-state index contributed by atoms with van der Waals surface area (Å²) in [4.78, 5) is 0. The molecular weight excluding hydrogens is 180 g/mol. The Kier molecular flexibility index (Phi) is 2.06. The molecule has 0 bridgehead atoms. The molecule has 4 nitrogen and oxygen atoms in total. The Labute approximate surface area is 84.3 Å². The smallest absolute Gasteiger partial charge is 0.0569 e. The molecule has 2 N–H and O–H groups in total. The number of nitrogens with one attached hydrogen (secondary N) is 2. The molecule has 0 aliphatic carbocycles. The lowest BCUT2D eigenvalue weighted by Gasteiger charge is -2.48. The van der Waals surface area contributed by atoms with Crippen molar-refractivity contribution in [2.75, 3.05) is 52.6 Å². The predicted molar refractivity (Wildman–Crippen MR) is 52.2 cm³/mol. The predicted octanol–water partition coefficient (Wildman–Crippen LogP) is -0.788. The van der Waals surface area contributed by atoms with Gasteiger partial charge in [0.15, 0.2) is 0 Å². The highest BCUT2D eigenvalue weighted by molar-refractivity contribution is 4.97. The molecule has 2 spiro atoms. The van der Waals surface area contributed by atoms with Crippen LogP contribution in [0.25, 0.3) is 0 Å². The van der Waals surface area contributed by atoms with Gasteiger partial charge in [-0.1, -0.05) is 0 Å². The zero-order valence-electron chi connectivity index (χ0n) is 8.47. The van der Waals surface area contributed by atoms with E-state index < -0.39 is 0 Å². The summed E-state index contributed by atoms with van der Waals surface area (Å²) in [5, 5.41) is 6.45. The minimum Gasteiger partial charge on any atom is -0.380 e. The summed E-state index contributed by atoms with van der Waals surface area (Å²) in [6.45, 7) is 8.75. The topological polar surface area (TPSA) is 42.5 Å². The van der Waals surface area contributed by atoms with Gasteiger partial charge in [-0.15, -0.1) is 0 Å². The molecule has 0 atom stereocenters. The van der Waals surface area contributed by atoms with Crippen molar-refractivity contribution in [3.8, 4) is 0 Å². The number of ether oxygens (including phenoxy) is 2. The normalized spacial score (nSPS) is 34.3. The molecule has 0 radical (unpaired) electrons. The molecule has 4 heteroatoms. The number of rotatable bonds is 0. The van der Waals surface area contributed by atoms with E-state index in [4.69, 9.17) is 9.47 Å². The van der Waals surface area contributed by atoms with Gasteiger partial charge in [0, 0.05) is 37.0 Å². The Balaban J connectivity index is 0.0000000914. The Morgan fingerprint density at radius 3 is 1.00 bits per heavy atom. The fourth-order valence-electron chi connectivity index (χ4n) is 2.15. The highest BCUT2D eigenvalue weighted by Crippen LogP contribution is 2.31. The van der Waals surface area contributed by atoms with Crippen LogP contribution in [-0.2, 0) is 9.47 Å². The SMILES string of the molecule is C1NCC12COC2.C1NCC12COC2. The number of hydrogen-bond donors (Lipinski definition) is 2. The van der Waals surface area contributed by atoms with Crippen molar-refractivity contribution in [2.24, 2.45) is 10.8 Å². The second kappa shape index (κ2) is 3.17. The summed E-state index contributed by atoms with van der Waals surface area (Å²) in [5.74, 6) is 0. The molecule has 0 aromatic rings. The minimum absolute atomic E-state index is 0.611. The van der Waals surface area contributed by atoms with Gasteiger partial charge in [-0.3, -0.25) is 0 Å². The maximum atomic E-state index is 5.04. The van der Waals surface area contributed by atoms with Crippen LogP contribution in [0.1, 0.15) is 0 Å². The standard InChI is InChI=1S/2C5H9NO/c2*1-5(2-6-1)3-7-4-5/h2*6H,1-4H2. The average Bonchev–Trinajstić information content (AvgIpc) is 1.71. The summed E-state index contributed by atoms with van der Waals surface area (Å²) in [6, 6.07) is 0. The fourth-order valence-corrected chi connectivity index (χ4v) is 2.15. The summed E-state index contributed by atoms with van der Waals surface area (Å²) < 4.78 is 10.1. The molecule has 4 aliphatic rings. The van der Waals surface area contributed by atoms with Crippen molar-refractivity contribution in [1.82, 2.24) is 10.6 Å². The molecule has 0 unspecified atom stereocenters. The molecule has 0 aromatic carbocycles. The van der Waals surface area contributed by atoms with Gasteiger partial charge in [0.1, 0.15) is 0 Å². The summed E-state index contributed by atoms with van der Waals surface area (Å²) >= 11 is 0. The van der Waals surface area contributed by atoms with Crippen molar-refractivity contribution in [2.45, 2.75) is 0 Å². The van der Waals surface area contributed by atoms with E-state index in [0.717, 1.165) is 26.4 Å². The quantitative estimate of drug-likeness (QED) is 0.535. The molecule has 0 amide bonds. The van der Waals surface area contributed by atoms with Crippen LogP contribution in [0.2, 0.25) is 0 Å². The zero-order valence-corrected chi connectivity index (χ0v) is 8.47. The van der Waals surface area contributed by atoms with Gasteiger partial charge < -0.3 is 20.1 Å². The maximum Gasteiger partial charge on any atom is 0.0569 e. The van der Waals surface area contributed by atoms with Crippen LogP contribution >= 0.6 is 0 Å². The molecule has 4 saturated heterocycles. The summed E-state index contributed by atoms with van der Waals surface area (Å²) in [7, 11) is 0. The zero-order chi connectivity index (χ0) is 9.49. The highest BCUT2D eigenvalue weighted by atomic mass is 16.5. The van der Waals surface area contributed by atoms with E-state index in [1.807, 2.05) is 0 Å².